The Balaban J connectivity index is 1.56. The Labute approximate surface area is 177 Å². The Morgan fingerprint density at radius 1 is 1.26 bits per heavy atom. The first-order valence-corrected chi connectivity index (χ1v) is 10.3. The smallest absolute Gasteiger partial charge is 0.328 e. The summed E-state index contributed by atoms with van der Waals surface area (Å²) < 4.78 is 9.47. The Hall–Kier alpha value is -3.66. The highest BCUT2D eigenvalue weighted by molar-refractivity contribution is 5.97. The van der Waals surface area contributed by atoms with E-state index >= 15 is 0 Å². The summed E-state index contributed by atoms with van der Waals surface area (Å²) in [6.07, 6.45) is 5.13. The number of hydrogen-bond acceptors (Lipinski definition) is 7. The van der Waals surface area contributed by atoms with Gasteiger partial charge in [-0.15, -0.1) is 0 Å². The number of aromatic nitrogens is 5. The van der Waals surface area contributed by atoms with Crippen molar-refractivity contribution in [2.24, 2.45) is 7.05 Å². The third-order valence-electron chi connectivity index (χ3n) is 6.17. The highest BCUT2D eigenvalue weighted by Gasteiger charge is 2.34. The summed E-state index contributed by atoms with van der Waals surface area (Å²) in [5, 5.41) is 15.0. The Morgan fingerprint density at radius 2 is 2.16 bits per heavy atom. The fourth-order valence-corrected chi connectivity index (χ4v) is 4.29. The summed E-state index contributed by atoms with van der Waals surface area (Å²) in [7, 11) is 3.75. The summed E-state index contributed by atoms with van der Waals surface area (Å²) in [5.41, 5.74) is 4.84. The van der Waals surface area contributed by atoms with E-state index in [4.69, 9.17) is 9.72 Å². The lowest BCUT2D eigenvalue weighted by Crippen LogP contribution is -2.52. The molecule has 6 rings (SSSR count). The second kappa shape index (κ2) is 6.67. The molecule has 10 nitrogen and oxygen atoms in total. The number of nitrogens with one attached hydrogen (secondary N) is 3. The third-order valence-corrected chi connectivity index (χ3v) is 6.17. The van der Waals surface area contributed by atoms with Crippen LogP contribution in [0.5, 0.6) is 0 Å². The molecule has 1 saturated carbocycles. The topological polar surface area (TPSA) is 111 Å². The van der Waals surface area contributed by atoms with E-state index in [-0.39, 0.29) is 18.2 Å². The predicted molar refractivity (Wildman–Crippen MR) is 117 cm³/mol. The zero-order valence-corrected chi connectivity index (χ0v) is 17.2. The van der Waals surface area contributed by atoms with Crippen molar-refractivity contribution < 1.29 is 9.53 Å². The van der Waals surface area contributed by atoms with Gasteiger partial charge in [-0.3, -0.25) is 4.68 Å². The fraction of sp³-hybridized carbons (Fsp3) is 0.333. The van der Waals surface area contributed by atoms with Gasteiger partial charge in [-0.2, -0.15) is 5.10 Å². The number of carbonyl (C=O) groups is 1. The molecular weight excluding hydrogens is 396 g/mol. The standard InChI is InChI=1S/C21H22N8O2/c1-22-15-7-18-25-14-5-11(6-16-12(14)8-24-28(16)2)9-31-17-4-3-13(17)26-21(30)29-10-23-19(15)20(29)27-18/h5-8,10,13,17H,3-4,9H2,1-2H3,(H,26,30)(H2,22,25,27)/t13-,17-/m1/s1. The van der Waals surface area contributed by atoms with E-state index in [1.165, 1.54) is 10.9 Å². The van der Waals surface area contributed by atoms with E-state index in [2.05, 4.69) is 38.2 Å². The van der Waals surface area contributed by atoms with Crippen LogP contribution in [0.1, 0.15) is 18.4 Å². The molecule has 2 aliphatic rings. The number of rotatable bonds is 1. The van der Waals surface area contributed by atoms with Gasteiger partial charge in [-0.05, 0) is 30.5 Å². The van der Waals surface area contributed by atoms with E-state index < -0.39 is 0 Å². The lowest BCUT2D eigenvalue weighted by molar-refractivity contribution is -0.0322. The monoisotopic (exact) mass is 418 g/mol. The van der Waals surface area contributed by atoms with Crippen molar-refractivity contribution in [3.63, 3.8) is 0 Å². The number of ether oxygens (including phenoxy) is 1. The van der Waals surface area contributed by atoms with Gasteiger partial charge in [0.25, 0.3) is 0 Å². The number of hydrogen-bond donors (Lipinski definition) is 3. The molecule has 3 N–H and O–H groups in total. The number of nitrogens with zero attached hydrogens (tertiary/aromatic N) is 5. The van der Waals surface area contributed by atoms with Crippen molar-refractivity contribution in [3.05, 3.63) is 36.3 Å². The second-order valence-electron chi connectivity index (χ2n) is 8.04. The van der Waals surface area contributed by atoms with Crippen LogP contribution in [0.4, 0.5) is 22.0 Å². The molecule has 4 bridgehead atoms. The van der Waals surface area contributed by atoms with E-state index in [0.717, 1.165) is 40.7 Å². The van der Waals surface area contributed by atoms with Crippen LogP contribution in [-0.4, -0.2) is 49.5 Å². The van der Waals surface area contributed by atoms with Gasteiger partial charge in [0.1, 0.15) is 17.7 Å². The highest BCUT2D eigenvalue weighted by atomic mass is 16.5. The molecule has 4 aromatic rings. The number of carbonyl (C=O) groups excluding carboxylic acids is 1. The minimum Gasteiger partial charge on any atom is -0.386 e. The predicted octanol–water partition coefficient (Wildman–Crippen LogP) is 2.72. The van der Waals surface area contributed by atoms with Crippen LogP contribution in [0.25, 0.3) is 22.1 Å². The Kier molecular flexibility index (Phi) is 3.90. The number of aryl methyl sites for hydroxylation is 1. The molecule has 0 saturated heterocycles. The van der Waals surface area contributed by atoms with E-state index in [1.54, 1.807) is 0 Å². The SMILES string of the molecule is CNc1cc2nc3c1ncn3C(=O)N[C@@H]1CC[C@H]1OCc1cc(c3cnn(C)c3c1)N2. The fourth-order valence-electron chi connectivity index (χ4n) is 4.29. The molecule has 1 amide bonds. The normalized spacial score (nSPS) is 20.6. The van der Waals surface area contributed by atoms with Gasteiger partial charge in [-0.1, -0.05) is 0 Å². The third kappa shape index (κ3) is 2.82. The molecule has 4 heterocycles. The Bertz CT molecular complexity index is 1340. The van der Waals surface area contributed by atoms with Crippen LogP contribution < -0.4 is 16.0 Å². The molecule has 2 atom stereocenters. The van der Waals surface area contributed by atoms with Crippen molar-refractivity contribution in [2.75, 3.05) is 17.7 Å². The van der Waals surface area contributed by atoms with Crippen molar-refractivity contribution >= 4 is 45.3 Å². The van der Waals surface area contributed by atoms with Gasteiger partial charge in [0.05, 0.1) is 41.8 Å². The van der Waals surface area contributed by atoms with E-state index in [0.29, 0.717) is 23.6 Å². The lowest BCUT2D eigenvalue weighted by atomic mass is 9.89. The maximum atomic E-state index is 13.0. The van der Waals surface area contributed by atoms with Crippen LogP contribution >= 0.6 is 0 Å². The molecular formula is C21H22N8O2. The molecule has 1 aromatic carbocycles. The largest absolute Gasteiger partial charge is 0.386 e. The van der Waals surface area contributed by atoms with Crippen molar-refractivity contribution in [1.82, 2.24) is 29.6 Å². The molecule has 1 aliphatic carbocycles. The van der Waals surface area contributed by atoms with Gasteiger partial charge >= 0.3 is 6.03 Å². The van der Waals surface area contributed by atoms with Crippen molar-refractivity contribution in [3.8, 4) is 0 Å². The molecule has 0 radical (unpaired) electrons. The molecule has 31 heavy (non-hydrogen) atoms. The van der Waals surface area contributed by atoms with Gasteiger partial charge in [-0.25, -0.2) is 19.3 Å². The van der Waals surface area contributed by atoms with Crippen molar-refractivity contribution in [2.45, 2.75) is 31.6 Å². The number of anilines is 3. The highest BCUT2D eigenvalue weighted by Crippen LogP contribution is 2.32. The average molecular weight is 418 g/mol. The van der Waals surface area contributed by atoms with Gasteiger partial charge in [0.15, 0.2) is 5.65 Å². The second-order valence-corrected chi connectivity index (χ2v) is 8.04. The molecule has 1 fully saturated rings. The van der Waals surface area contributed by atoms with E-state index in [9.17, 15) is 4.79 Å². The first-order valence-electron chi connectivity index (χ1n) is 10.3. The number of imidazole rings is 1. The molecule has 10 heteroatoms. The molecule has 0 spiro atoms. The maximum absolute atomic E-state index is 13.0. The molecule has 0 unspecified atom stereocenters. The first kappa shape index (κ1) is 18.1. The maximum Gasteiger partial charge on any atom is 0.328 e. The van der Waals surface area contributed by atoms with Crippen LogP contribution in [0.15, 0.2) is 30.7 Å². The lowest BCUT2D eigenvalue weighted by Gasteiger charge is -2.36. The van der Waals surface area contributed by atoms with Crippen LogP contribution in [0.3, 0.4) is 0 Å². The van der Waals surface area contributed by atoms with Gasteiger partial charge in [0, 0.05) is 25.5 Å². The zero-order chi connectivity index (χ0) is 21.1. The van der Waals surface area contributed by atoms with Crippen LogP contribution in [0, 0.1) is 0 Å². The summed E-state index contributed by atoms with van der Waals surface area (Å²) in [4.78, 5) is 22.1. The zero-order valence-electron chi connectivity index (χ0n) is 17.2. The van der Waals surface area contributed by atoms with Crippen LogP contribution in [0.2, 0.25) is 0 Å². The number of pyridine rings is 1. The number of benzene rings is 1. The first-order chi connectivity index (χ1) is 15.1. The Morgan fingerprint density at radius 3 is 2.97 bits per heavy atom. The van der Waals surface area contributed by atoms with Gasteiger partial charge < -0.3 is 20.7 Å². The summed E-state index contributed by atoms with van der Waals surface area (Å²) in [6.45, 7) is 0.456. The summed E-state index contributed by atoms with van der Waals surface area (Å²) >= 11 is 0. The quantitative estimate of drug-likeness (QED) is 0.436. The number of fused-ring (bicyclic) bond motifs is 6. The summed E-state index contributed by atoms with van der Waals surface area (Å²) in [5.74, 6) is 0.605. The minimum absolute atomic E-state index is 0.0169. The summed E-state index contributed by atoms with van der Waals surface area (Å²) in [6, 6.07) is 5.77. The number of amides is 1. The van der Waals surface area contributed by atoms with Crippen molar-refractivity contribution in [1.29, 1.82) is 0 Å². The molecule has 1 aliphatic heterocycles. The minimum atomic E-state index is -0.252. The van der Waals surface area contributed by atoms with E-state index in [1.807, 2.05) is 31.0 Å². The average Bonchev–Trinajstić information content (AvgIpc) is 3.34. The molecule has 3 aromatic heterocycles. The van der Waals surface area contributed by atoms with Gasteiger partial charge in [0.2, 0.25) is 0 Å². The molecule has 158 valence electrons. The van der Waals surface area contributed by atoms with Crippen LogP contribution in [-0.2, 0) is 18.4 Å².